The molecule has 0 aromatic heterocycles. The van der Waals surface area contributed by atoms with Crippen LogP contribution in [0.1, 0.15) is 6.92 Å². The van der Waals surface area contributed by atoms with E-state index in [1.807, 2.05) is 0 Å². The molecule has 1 N–H and O–H groups in total. The fraction of sp³-hybridized carbons (Fsp3) is 0.800. The van der Waals surface area contributed by atoms with Crippen molar-refractivity contribution < 1.29 is 12.6 Å². The third-order valence-electron chi connectivity index (χ3n) is 1.06. The Hall–Kier alpha value is -0.270. The summed E-state index contributed by atoms with van der Waals surface area (Å²) in [4.78, 5) is 3.84. The number of hydrogen-bond donors (Lipinski definition) is 1. The lowest BCUT2D eigenvalue weighted by Gasteiger charge is -2.03. The molecule has 70 valence electrons. The Bertz CT molecular complexity index is 272. The minimum atomic E-state index is -3.62. The Morgan fingerprint density at radius 2 is 2.50 bits per heavy atom. The van der Waals surface area contributed by atoms with E-state index in [0.29, 0.717) is 13.1 Å². The van der Waals surface area contributed by atoms with E-state index in [1.54, 1.807) is 6.92 Å². The third kappa shape index (κ3) is 3.00. The summed E-state index contributed by atoms with van der Waals surface area (Å²) in [5, 5.41) is 0.232. The maximum absolute atomic E-state index is 11.0. The van der Waals surface area contributed by atoms with Crippen LogP contribution in [0.5, 0.6) is 0 Å². The van der Waals surface area contributed by atoms with Crippen LogP contribution in [-0.2, 0) is 14.5 Å². The Morgan fingerprint density at radius 1 is 1.75 bits per heavy atom. The van der Waals surface area contributed by atoms with Crippen molar-refractivity contribution >= 4 is 27.3 Å². The van der Waals surface area contributed by atoms with Crippen molar-refractivity contribution in [2.45, 2.75) is 6.92 Å². The summed E-state index contributed by atoms with van der Waals surface area (Å²) < 4.78 is 28.7. The monoisotopic (exact) mass is 210 g/mol. The van der Waals surface area contributed by atoms with E-state index < -0.39 is 10.3 Å². The van der Waals surface area contributed by atoms with Crippen LogP contribution < -0.4 is 4.72 Å². The highest BCUT2D eigenvalue weighted by atomic mass is 32.2. The first kappa shape index (κ1) is 9.82. The van der Waals surface area contributed by atoms with Crippen molar-refractivity contribution in [3.8, 4) is 0 Å². The van der Waals surface area contributed by atoms with Gasteiger partial charge in [0.2, 0.25) is 0 Å². The summed E-state index contributed by atoms with van der Waals surface area (Å²) in [5.74, 6) is 0.789. The summed E-state index contributed by atoms with van der Waals surface area (Å²) in [6, 6.07) is 0. The first-order valence-corrected chi connectivity index (χ1v) is 5.90. The van der Waals surface area contributed by atoms with E-state index in [2.05, 4.69) is 13.9 Å². The van der Waals surface area contributed by atoms with E-state index in [4.69, 9.17) is 0 Å². The molecule has 0 aromatic rings. The van der Waals surface area contributed by atoms with Crippen molar-refractivity contribution in [1.82, 2.24) is 4.72 Å². The second-order valence-corrected chi connectivity index (χ2v) is 4.44. The van der Waals surface area contributed by atoms with Crippen LogP contribution in [0, 0.1) is 0 Å². The summed E-state index contributed by atoms with van der Waals surface area (Å²) in [5.41, 5.74) is 0. The molecule has 12 heavy (non-hydrogen) atoms. The van der Waals surface area contributed by atoms with Gasteiger partial charge >= 0.3 is 10.3 Å². The first-order valence-electron chi connectivity index (χ1n) is 3.50. The number of aliphatic imine (C=N–C) groups is 1. The molecule has 5 nitrogen and oxygen atoms in total. The van der Waals surface area contributed by atoms with Gasteiger partial charge in [-0.25, -0.2) is 4.99 Å². The van der Waals surface area contributed by atoms with Gasteiger partial charge in [0.15, 0.2) is 0 Å². The number of rotatable bonds is 3. The highest BCUT2D eigenvalue weighted by Crippen LogP contribution is 2.13. The molecule has 0 fully saturated rings. The Morgan fingerprint density at radius 3 is 3.00 bits per heavy atom. The molecule has 1 aliphatic heterocycles. The van der Waals surface area contributed by atoms with E-state index >= 15 is 0 Å². The van der Waals surface area contributed by atoms with E-state index in [9.17, 15) is 8.42 Å². The van der Waals surface area contributed by atoms with Gasteiger partial charge in [-0.3, -0.25) is 0 Å². The molecule has 0 aliphatic carbocycles. The zero-order chi connectivity index (χ0) is 9.03. The molecule has 0 unspecified atom stereocenters. The summed E-state index contributed by atoms with van der Waals surface area (Å²) in [6.07, 6.45) is 0. The summed E-state index contributed by atoms with van der Waals surface area (Å²) in [6.45, 7) is 2.63. The van der Waals surface area contributed by atoms with Crippen molar-refractivity contribution in [1.29, 1.82) is 0 Å². The lowest BCUT2D eigenvalue weighted by Crippen LogP contribution is -2.26. The lowest BCUT2D eigenvalue weighted by molar-refractivity contribution is 0.475. The van der Waals surface area contributed by atoms with Crippen molar-refractivity contribution in [3.05, 3.63) is 0 Å². The van der Waals surface area contributed by atoms with E-state index in [1.165, 1.54) is 11.8 Å². The fourth-order valence-corrected chi connectivity index (χ4v) is 2.32. The minimum Gasteiger partial charge on any atom is -0.344 e. The Balaban J connectivity index is 2.49. The van der Waals surface area contributed by atoms with Crippen LogP contribution in [0.4, 0.5) is 0 Å². The summed E-state index contributed by atoms with van der Waals surface area (Å²) in [7, 11) is -3.62. The van der Waals surface area contributed by atoms with Crippen LogP contribution in [0.2, 0.25) is 0 Å². The largest absolute Gasteiger partial charge is 0.384 e. The van der Waals surface area contributed by atoms with Crippen LogP contribution in [0.25, 0.3) is 0 Å². The van der Waals surface area contributed by atoms with Crippen molar-refractivity contribution in [2.75, 3.05) is 18.8 Å². The zero-order valence-electron chi connectivity index (χ0n) is 6.61. The lowest BCUT2D eigenvalue weighted by atomic mass is 10.8. The molecule has 0 saturated carbocycles. The average molecular weight is 210 g/mol. The normalized spacial score (nSPS) is 17.6. The zero-order valence-corrected chi connectivity index (χ0v) is 8.24. The highest BCUT2D eigenvalue weighted by molar-refractivity contribution is 8.14. The quantitative estimate of drug-likeness (QED) is 0.709. The Labute approximate surface area is 75.8 Å². The second kappa shape index (κ2) is 4.11. The third-order valence-corrected chi connectivity index (χ3v) is 3.03. The molecule has 1 rings (SSSR count). The van der Waals surface area contributed by atoms with E-state index in [0.717, 1.165) is 5.75 Å². The van der Waals surface area contributed by atoms with Gasteiger partial charge in [0.25, 0.3) is 5.23 Å². The molecule has 7 heteroatoms. The average Bonchev–Trinajstić information content (AvgIpc) is 2.38. The summed E-state index contributed by atoms with van der Waals surface area (Å²) >= 11 is 1.30. The molecule has 0 spiro atoms. The number of hydrogen-bond acceptors (Lipinski definition) is 5. The van der Waals surface area contributed by atoms with Crippen LogP contribution in [0.3, 0.4) is 0 Å². The van der Waals surface area contributed by atoms with Gasteiger partial charge in [0, 0.05) is 12.3 Å². The predicted molar refractivity (Wildman–Crippen MR) is 48.4 cm³/mol. The van der Waals surface area contributed by atoms with E-state index in [-0.39, 0.29) is 5.23 Å². The van der Waals surface area contributed by atoms with Gasteiger partial charge in [-0.15, -0.1) is 0 Å². The molecular weight excluding hydrogens is 200 g/mol. The van der Waals surface area contributed by atoms with Gasteiger partial charge in [0.05, 0.1) is 6.54 Å². The van der Waals surface area contributed by atoms with Crippen LogP contribution >= 0.6 is 11.8 Å². The fourth-order valence-electron chi connectivity index (χ4n) is 0.666. The van der Waals surface area contributed by atoms with Crippen LogP contribution in [-0.4, -0.2) is 32.5 Å². The number of nitrogens with one attached hydrogen (secondary N) is 1. The molecule has 0 saturated heterocycles. The Kier molecular flexibility index (Phi) is 3.36. The molecule has 1 heterocycles. The van der Waals surface area contributed by atoms with Gasteiger partial charge in [-0.05, 0) is 0 Å². The topological polar surface area (TPSA) is 67.8 Å². The standard InChI is InChI=1S/C5H10N2O3S2/c1-2-7-12(8,9)10-5-6-3-4-11-5/h7H,2-4H2,1H3. The molecule has 0 bridgehead atoms. The first-order chi connectivity index (χ1) is 5.64. The maximum atomic E-state index is 11.0. The van der Waals surface area contributed by atoms with Gasteiger partial charge in [-0.1, -0.05) is 18.7 Å². The smallest absolute Gasteiger partial charge is 0.344 e. The molecular formula is C5H10N2O3S2. The minimum absolute atomic E-state index is 0.232. The van der Waals surface area contributed by atoms with Gasteiger partial charge in [-0.2, -0.15) is 13.1 Å². The molecule has 0 radical (unpaired) electrons. The second-order valence-electron chi connectivity index (χ2n) is 2.03. The molecule has 0 amide bonds. The number of thioether (sulfide) groups is 1. The van der Waals surface area contributed by atoms with Crippen molar-refractivity contribution in [2.24, 2.45) is 4.99 Å². The van der Waals surface area contributed by atoms with Crippen molar-refractivity contribution in [3.63, 3.8) is 0 Å². The SMILES string of the molecule is CCNS(=O)(=O)OC1=NCCS1. The highest BCUT2D eigenvalue weighted by Gasteiger charge is 2.16. The molecule has 0 aromatic carbocycles. The maximum Gasteiger partial charge on any atom is 0.384 e. The van der Waals surface area contributed by atoms with Gasteiger partial charge < -0.3 is 4.18 Å². The van der Waals surface area contributed by atoms with Crippen LogP contribution in [0.15, 0.2) is 4.99 Å². The molecule has 1 aliphatic rings. The predicted octanol–water partition coefficient (Wildman–Crippen LogP) is -0.0399. The van der Waals surface area contributed by atoms with Gasteiger partial charge in [0.1, 0.15) is 0 Å². The number of nitrogens with zero attached hydrogens (tertiary/aromatic N) is 1. The molecule has 0 atom stereocenters.